The molecule has 0 aromatic heterocycles. The zero-order chi connectivity index (χ0) is 25.9. The third-order valence-corrected chi connectivity index (χ3v) is 9.20. The molecule has 0 radical (unpaired) electrons. The predicted octanol–water partition coefficient (Wildman–Crippen LogP) is 5.88. The highest BCUT2D eigenvalue weighted by molar-refractivity contribution is 7.99. The molecule has 1 aliphatic heterocycles. The van der Waals surface area contributed by atoms with Crippen molar-refractivity contribution in [2.24, 2.45) is 11.8 Å². The first kappa shape index (κ1) is 26.4. The van der Waals surface area contributed by atoms with E-state index in [0.717, 1.165) is 22.4 Å². The minimum atomic E-state index is -3.76. The summed E-state index contributed by atoms with van der Waals surface area (Å²) in [6.45, 7) is 7.37. The third kappa shape index (κ3) is 6.35. The SMILES string of the molecule is Cc1ccc(CNC(=O)c2cc(S(=O)(=O)N3C[C@H](C)C[C@@H](C)C3)ccc2Sc2ccc(F)cc2)cc1. The van der Waals surface area contributed by atoms with Crippen molar-refractivity contribution in [2.75, 3.05) is 13.1 Å². The van der Waals surface area contributed by atoms with Gasteiger partial charge in [0.2, 0.25) is 10.0 Å². The van der Waals surface area contributed by atoms with Gasteiger partial charge in [-0.3, -0.25) is 4.79 Å². The molecule has 190 valence electrons. The van der Waals surface area contributed by atoms with Crippen LogP contribution >= 0.6 is 11.8 Å². The Hall–Kier alpha value is -2.68. The van der Waals surface area contributed by atoms with Gasteiger partial charge in [0.05, 0.1) is 10.5 Å². The van der Waals surface area contributed by atoms with E-state index in [1.54, 1.807) is 24.3 Å². The van der Waals surface area contributed by atoms with E-state index in [2.05, 4.69) is 19.2 Å². The normalized spacial score (nSPS) is 18.7. The summed E-state index contributed by atoms with van der Waals surface area (Å²) in [4.78, 5) is 14.8. The van der Waals surface area contributed by atoms with Crippen molar-refractivity contribution >= 4 is 27.7 Å². The average Bonchev–Trinajstić information content (AvgIpc) is 2.84. The van der Waals surface area contributed by atoms with E-state index in [1.165, 1.54) is 34.3 Å². The first-order valence-corrected chi connectivity index (χ1v) is 14.3. The molecule has 5 nitrogen and oxygen atoms in total. The maximum absolute atomic E-state index is 13.5. The molecule has 3 aromatic rings. The highest BCUT2D eigenvalue weighted by atomic mass is 32.2. The highest BCUT2D eigenvalue weighted by Gasteiger charge is 2.32. The Bertz CT molecular complexity index is 1320. The lowest BCUT2D eigenvalue weighted by atomic mass is 9.94. The second-order valence-electron chi connectivity index (χ2n) is 9.65. The number of amides is 1. The Kier molecular flexibility index (Phi) is 8.17. The number of carbonyl (C=O) groups is 1. The fourth-order valence-corrected chi connectivity index (χ4v) is 7.13. The largest absolute Gasteiger partial charge is 0.348 e. The van der Waals surface area contributed by atoms with Crippen LogP contribution in [0, 0.1) is 24.6 Å². The first-order valence-electron chi connectivity index (χ1n) is 12.0. The van der Waals surface area contributed by atoms with Crippen LogP contribution in [0.5, 0.6) is 0 Å². The van der Waals surface area contributed by atoms with E-state index in [0.29, 0.717) is 24.5 Å². The number of benzene rings is 3. The zero-order valence-corrected chi connectivity index (χ0v) is 22.3. The maximum atomic E-state index is 13.5. The van der Waals surface area contributed by atoms with Crippen molar-refractivity contribution in [3.8, 4) is 0 Å². The number of sulfonamides is 1. The van der Waals surface area contributed by atoms with Crippen LogP contribution in [-0.2, 0) is 16.6 Å². The summed E-state index contributed by atoms with van der Waals surface area (Å²) in [5.74, 6) is -0.164. The van der Waals surface area contributed by atoms with Crippen molar-refractivity contribution in [2.45, 2.75) is 48.4 Å². The second kappa shape index (κ2) is 11.2. The molecule has 0 aliphatic carbocycles. The number of hydrogen-bond acceptors (Lipinski definition) is 4. The number of carbonyl (C=O) groups excluding carboxylic acids is 1. The number of halogens is 1. The third-order valence-electron chi connectivity index (χ3n) is 6.28. The smallest absolute Gasteiger partial charge is 0.252 e. The molecule has 1 fully saturated rings. The van der Waals surface area contributed by atoms with Gasteiger partial charge in [-0.2, -0.15) is 4.31 Å². The molecule has 1 N–H and O–H groups in total. The molecule has 1 amide bonds. The Morgan fingerprint density at radius 1 is 1.00 bits per heavy atom. The molecule has 1 aliphatic rings. The number of hydrogen-bond donors (Lipinski definition) is 1. The quantitative estimate of drug-likeness (QED) is 0.417. The van der Waals surface area contributed by atoms with Crippen molar-refractivity contribution in [1.29, 1.82) is 0 Å². The standard InChI is InChI=1S/C28H31FN2O3S2/c1-19-4-6-22(7-5-19)16-30-28(32)26-15-25(36(33,34)31-17-20(2)14-21(3)18-31)12-13-27(26)35-24-10-8-23(29)9-11-24/h4-13,15,20-21H,14,16-18H2,1-3H3,(H,30,32)/t20-,21-/m1/s1. The van der Waals surface area contributed by atoms with Crippen molar-refractivity contribution in [3.63, 3.8) is 0 Å². The second-order valence-corrected chi connectivity index (χ2v) is 12.7. The number of piperidine rings is 1. The van der Waals surface area contributed by atoms with Crippen LogP contribution in [0.25, 0.3) is 0 Å². The van der Waals surface area contributed by atoms with Gasteiger partial charge in [-0.15, -0.1) is 0 Å². The molecule has 1 heterocycles. The van der Waals surface area contributed by atoms with E-state index in [1.807, 2.05) is 31.2 Å². The molecule has 4 rings (SSSR count). The van der Waals surface area contributed by atoms with Gasteiger partial charge in [-0.1, -0.05) is 55.4 Å². The molecule has 0 saturated carbocycles. The van der Waals surface area contributed by atoms with Gasteiger partial charge >= 0.3 is 0 Å². The van der Waals surface area contributed by atoms with E-state index in [4.69, 9.17) is 0 Å². The van der Waals surface area contributed by atoms with Gasteiger partial charge in [-0.05, 0) is 73.2 Å². The Morgan fingerprint density at radius 3 is 2.28 bits per heavy atom. The molecule has 36 heavy (non-hydrogen) atoms. The lowest BCUT2D eigenvalue weighted by Crippen LogP contribution is -2.42. The van der Waals surface area contributed by atoms with Gasteiger partial charge in [-0.25, -0.2) is 12.8 Å². The Balaban J connectivity index is 1.65. The maximum Gasteiger partial charge on any atom is 0.252 e. The van der Waals surface area contributed by atoms with Crippen molar-refractivity contribution in [3.05, 3.63) is 89.2 Å². The number of aryl methyl sites for hydroxylation is 1. The van der Waals surface area contributed by atoms with Gasteiger partial charge in [0.25, 0.3) is 5.91 Å². The van der Waals surface area contributed by atoms with Crippen LogP contribution in [0.2, 0.25) is 0 Å². The van der Waals surface area contributed by atoms with Crippen LogP contribution in [0.4, 0.5) is 4.39 Å². The summed E-state index contributed by atoms with van der Waals surface area (Å²) in [5, 5.41) is 2.92. The molecule has 0 bridgehead atoms. The molecule has 0 unspecified atom stereocenters. The molecule has 3 aromatic carbocycles. The summed E-state index contributed by atoms with van der Waals surface area (Å²) in [7, 11) is -3.76. The van der Waals surface area contributed by atoms with E-state index < -0.39 is 10.0 Å². The van der Waals surface area contributed by atoms with E-state index in [-0.39, 0.29) is 34.0 Å². The average molecular weight is 527 g/mol. The van der Waals surface area contributed by atoms with Crippen LogP contribution in [0.15, 0.2) is 81.4 Å². The minimum Gasteiger partial charge on any atom is -0.348 e. The Labute approximate surface area is 217 Å². The lowest BCUT2D eigenvalue weighted by molar-refractivity contribution is 0.0947. The van der Waals surface area contributed by atoms with Crippen LogP contribution < -0.4 is 5.32 Å². The highest BCUT2D eigenvalue weighted by Crippen LogP contribution is 2.34. The molecule has 1 saturated heterocycles. The first-order chi connectivity index (χ1) is 17.1. The monoisotopic (exact) mass is 526 g/mol. The molecular weight excluding hydrogens is 495 g/mol. The lowest BCUT2D eigenvalue weighted by Gasteiger charge is -2.34. The number of nitrogens with zero attached hydrogens (tertiary/aromatic N) is 1. The van der Waals surface area contributed by atoms with Crippen molar-refractivity contribution in [1.82, 2.24) is 9.62 Å². The molecule has 8 heteroatoms. The van der Waals surface area contributed by atoms with Crippen LogP contribution in [0.1, 0.15) is 41.8 Å². The summed E-state index contributed by atoms with van der Waals surface area (Å²) >= 11 is 1.29. The van der Waals surface area contributed by atoms with E-state index >= 15 is 0 Å². The van der Waals surface area contributed by atoms with Crippen LogP contribution in [-0.4, -0.2) is 31.7 Å². The topological polar surface area (TPSA) is 66.5 Å². The van der Waals surface area contributed by atoms with E-state index in [9.17, 15) is 17.6 Å². The molecule has 2 atom stereocenters. The fourth-order valence-electron chi connectivity index (χ4n) is 4.50. The zero-order valence-electron chi connectivity index (χ0n) is 20.7. The van der Waals surface area contributed by atoms with Gasteiger partial charge in [0, 0.05) is 29.4 Å². The molecular formula is C28H31FN2O3S2. The number of nitrogens with one attached hydrogen (secondary N) is 1. The van der Waals surface area contributed by atoms with Crippen molar-refractivity contribution < 1.29 is 17.6 Å². The fraction of sp³-hybridized carbons (Fsp3) is 0.321. The van der Waals surface area contributed by atoms with Gasteiger partial charge < -0.3 is 5.32 Å². The minimum absolute atomic E-state index is 0.104. The molecule has 0 spiro atoms. The van der Waals surface area contributed by atoms with Crippen LogP contribution in [0.3, 0.4) is 0 Å². The summed E-state index contributed by atoms with van der Waals surface area (Å²) in [6, 6.07) is 18.5. The summed E-state index contributed by atoms with van der Waals surface area (Å²) in [6.07, 6.45) is 0.992. The van der Waals surface area contributed by atoms with Gasteiger partial charge in [0.1, 0.15) is 5.82 Å². The predicted molar refractivity (Wildman–Crippen MR) is 141 cm³/mol. The number of rotatable bonds is 7. The summed E-state index contributed by atoms with van der Waals surface area (Å²) < 4.78 is 42.0. The summed E-state index contributed by atoms with van der Waals surface area (Å²) in [5.41, 5.74) is 2.35. The Morgan fingerprint density at radius 2 is 1.64 bits per heavy atom. The van der Waals surface area contributed by atoms with Gasteiger partial charge in [0.15, 0.2) is 0 Å².